The summed E-state index contributed by atoms with van der Waals surface area (Å²) in [6, 6.07) is 14.7. The van der Waals surface area contributed by atoms with Crippen molar-refractivity contribution in [2.24, 2.45) is 0 Å². The Labute approximate surface area is 207 Å². The molecule has 0 aliphatic carbocycles. The average molecular weight is 509 g/mol. The lowest BCUT2D eigenvalue weighted by molar-refractivity contribution is -0.140. The summed E-state index contributed by atoms with van der Waals surface area (Å²) in [5.74, 6) is -0.792. The molecule has 2 aromatic rings. The highest BCUT2D eigenvalue weighted by atomic mass is 35.5. The molecule has 2 amide bonds. The predicted molar refractivity (Wildman–Crippen MR) is 136 cm³/mol. The van der Waals surface area contributed by atoms with E-state index in [1.54, 1.807) is 54.6 Å². The van der Waals surface area contributed by atoms with E-state index in [4.69, 9.17) is 11.6 Å². The smallest absolute Gasteiger partial charge is 0.304 e. The molecule has 2 aromatic carbocycles. The van der Waals surface area contributed by atoms with Crippen LogP contribution in [-0.4, -0.2) is 62.7 Å². The number of carbonyl (C=O) groups is 2. The first-order chi connectivity index (χ1) is 16.1. The minimum atomic E-state index is -3.98. The van der Waals surface area contributed by atoms with Gasteiger partial charge in [-0.2, -0.15) is 12.7 Å². The van der Waals surface area contributed by atoms with Gasteiger partial charge in [0.05, 0.1) is 5.69 Å². The van der Waals surface area contributed by atoms with Gasteiger partial charge in [0.2, 0.25) is 11.8 Å². The molecule has 1 atom stereocenters. The van der Waals surface area contributed by atoms with Crippen molar-refractivity contribution < 1.29 is 18.0 Å². The highest BCUT2D eigenvalue weighted by Crippen LogP contribution is 2.23. The highest BCUT2D eigenvalue weighted by Gasteiger charge is 2.33. The molecule has 186 valence electrons. The second-order valence-corrected chi connectivity index (χ2v) is 10.4. The summed E-state index contributed by atoms with van der Waals surface area (Å²) in [5.41, 5.74) is 1.02. The number of benzene rings is 2. The standard InChI is InChI=1S/C24H33ClN4O4S/c1-5-16-26-24(31)22(6-2)28(17-19-12-10-11-15-21(19)25)23(30)18-29(34(32,33)27(3)4)20-13-8-7-9-14-20/h7-15,22H,5-6,16-18H2,1-4H3,(H,26,31). The summed E-state index contributed by atoms with van der Waals surface area (Å²) in [6.45, 7) is 3.84. The fourth-order valence-electron chi connectivity index (χ4n) is 3.41. The molecule has 0 aromatic heterocycles. The predicted octanol–water partition coefficient (Wildman–Crippen LogP) is 3.29. The van der Waals surface area contributed by atoms with Crippen LogP contribution in [0.15, 0.2) is 54.6 Å². The summed E-state index contributed by atoms with van der Waals surface area (Å²) in [7, 11) is -1.16. The lowest BCUT2D eigenvalue weighted by Gasteiger charge is -2.34. The fourth-order valence-corrected chi connectivity index (χ4v) is 4.66. The van der Waals surface area contributed by atoms with Gasteiger partial charge in [-0.25, -0.2) is 4.31 Å². The van der Waals surface area contributed by atoms with Gasteiger partial charge in [-0.15, -0.1) is 0 Å². The second-order valence-electron chi connectivity index (χ2n) is 7.96. The molecule has 0 bridgehead atoms. The molecule has 0 saturated heterocycles. The van der Waals surface area contributed by atoms with E-state index in [9.17, 15) is 18.0 Å². The van der Waals surface area contributed by atoms with Crippen molar-refractivity contribution in [1.82, 2.24) is 14.5 Å². The van der Waals surface area contributed by atoms with Crippen molar-refractivity contribution in [3.8, 4) is 0 Å². The van der Waals surface area contributed by atoms with Gasteiger partial charge in [-0.1, -0.05) is 61.8 Å². The van der Waals surface area contributed by atoms with E-state index in [0.717, 1.165) is 15.0 Å². The maximum atomic E-state index is 13.7. The molecule has 1 unspecified atom stereocenters. The fraction of sp³-hybridized carbons (Fsp3) is 0.417. The van der Waals surface area contributed by atoms with Crippen LogP contribution in [0.5, 0.6) is 0 Å². The summed E-state index contributed by atoms with van der Waals surface area (Å²) in [5, 5.41) is 3.31. The number of nitrogens with one attached hydrogen (secondary N) is 1. The summed E-state index contributed by atoms with van der Waals surface area (Å²) in [4.78, 5) is 28.0. The number of hydrogen-bond acceptors (Lipinski definition) is 4. The van der Waals surface area contributed by atoms with Gasteiger partial charge < -0.3 is 10.2 Å². The maximum Gasteiger partial charge on any atom is 0.304 e. The molecule has 8 nitrogen and oxygen atoms in total. The third kappa shape index (κ3) is 6.94. The van der Waals surface area contributed by atoms with Crippen molar-refractivity contribution >= 4 is 39.3 Å². The molecule has 0 saturated carbocycles. The summed E-state index contributed by atoms with van der Waals surface area (Å²) >= 11 is 6.35. The Morgan fingerprint density at radius 3 is 2.18 bits per heavy atom. The first-order valence-electron chi connectivity index (χ1n) is 11.2. The zero-order valence-electron chi connectivity index (χ0n) is 20.1. The van der Waals surface area contributed by atoms with Crippen molar-refractivity contribution in [1.29, 1.82) is 0 Å². The number of hydrogen-bond donors (Lipinski definition) is 1. The van der Waals surface area contributed by atoms with Crippen molar-refractivity contribution in [3.63, 3.8) is 0 Å². The maximum absolute atomic E-state index is 13.7. The molecule has 34 heavy (non-hydrogen) atoms. The Balaban J connectivity index is 2.47. The molecule has 2 rings (SSSR count). The normalized spacial score (nSPS) is 12.3. The van der Waals surface area contributed by atoms with Crippen LogP contribution in [0.2, 0.25) is 5.02 Å². The molecule has 0 heterocycles. The van der Waals surface area contributed by atoms with E-state index in [2.05, 4.69) is 5.32 Å². The Morgan fingerprint density at radius 2 is 1.62 bits per heavy atom. The third-order valence-electron chi connectivity index (χ3n) is 5.30. The molecular formula is C24H33ClN4O4S. The van der Waals surface area contributed by atoms with Crippen LogP contribution >= 0.6 is 11.6 Å². The van der Waals surface area contributed by atoms with E-state index < -0.39 is 28.7 Å². The topological polar surface area (TPSA) is 90.0 Å². The second kappa shape index (κ2) is 12.7. The largest absolute Gasteiger partial charge is 0.354 e. The van der Waals surface area contributed by atoms with Gasteiger partial charge in [0.1, 0.15) is 12.6 Å². The Morgan fingerprint density at radius 1 is 1.00 bits per heavy atom. The molecule has 0 aliphatic rings. The van der Waals surface area contributed by atoms with Gasteiger partial charge in [0.15, 0.2) is 0 Å². The zero-order chi connectivity index (χ0) is 25.3. The molecule has 0 fully saturated rings. The van der Waals surface area contributed by atoms with Crippen LogP contribution < -0.4 is 9.62 Å². The number of carbonyl (C=O) groups excluding carboxylic acids is 2. The Kier molecular flexibility index (Phi) is 10.3. The van der Waals surface area contributed by atoms with Crippen LogP contribution in [0, 0.1) is 0 Å². The van der Waals surface area contributed by atoms with Crippen molar-refractivity contribution in [2.45, 2.75) is 39.3 Å². The van der Waals surface area contributed by atoms with Crippen molar-refractivity contribution in [3.05, 3.63) is 65.2 Å². The number of halogens is 1. The van der Waals surface area contributed by atoms with E-state index >= 15 is 0 Å². The lowest BCUT2D eigenvalue weighted by Crippen LogP contribution is -2.53. The van der Waals surface area contributed by atoms with E-state index in [1.165, 1.54) is 19.0 Å². The number of amides is 2. The van der Waals surface area contributed by atoms with Gasteiger partial charge in [-0.3, -0.25) is 9.59 Å². The van der Waals surface area contributed by atoms with Crippen LogP contribution in [0.3, 0.4) is 0 Å². The SMILES string of the molecule is CCCNC(=O)C(CC)N(Cc1ccccc1Cl)C(=O)CN(c1ccccc1)S(=O)(=O)N(C)C. The first kappa shape index (κ1) is 27.6. The van der Waals surface area contributed by atoms with Crippen LogP contribution in [0.1, 0.15) is 32.3 Å². The van der Waals surface area contributed by atoms with Gasteiger partial charge in [0, 0.05) is 32.2 Å². The zero-order valence-corrected chi connectivity index (χ0v) is 21.6. The quantitative estimate of drug-likeness (QED) is 0.476. The minimum absolute atomic E-state index is 0.0706. The molecule has 0 spiro atoms. The lowest BCUT2D eigenvalue weighted by atomic mass is 10.1. The number of nitrogens with zero attached hydrogens (tertiary/aromatic N) is 3. The monoisotopic (exact) mass is 508 g/mol. The molecule has 1 N–H and O–H groups in total. The number of anilines is 1. The van der Waals surface area contributed by atoms with Gasteiger partial charge >= 0.3 is 10.2 Å². The van der Waals surface area contributed by atoms with Crippen molar-refractivity contribution in [2.75, 3.05) is 31.5 Å². The van der Waals surface area contributed by atoms with Crippen LogP contribution in [0.25, 0.3) is 0 Å². The molecule has 10 heteroatoms. The Hall–Kier alpha value is -2.62. The highest BCUT2D eigenvalue weighted by molar-refractivity contribution is 7.90. The summed E-state index contributed by atoms with van der Waals surface area (Å²) in [6.07, 6.45) is 1.11. The Bertz CT molecular complexity index is 1060. The first-order valence-corrected chi connectivity index (χ1v) is 13.0. The van der Waals surface area contributed by atoms with Crippen LogP contribution in [-0.2, 0) is 26.3 Å². The number of para-hydroxylation sites is 1. The van der Waals surface area contributed by atoms with E-state index in [-0.39, 0.29) is 12.5 Å². The van der Waals surface area contributed by atoms with Gasteiger partial charge in [0.25, 0.3) is 0 Å². The number of rotatable bonds is 12. The molecule has 0 aliphatic heterocycles. The summed E-state index contributed by atoms with van der Waals surface area (Å²) < 4.78 is 28.3. The van der Waals surface area contributed by atoms with Gasteiger partial charge in [-0.05, 0) is 36.6 Å². The average Bonchev–Trinajstić information content (AvgIpc) is 2.82. The molecule has 0 radical (unpaired) electrons. The molecular weight excluding hydrogens is 476 g/mol. The van der Waals surface area contributed by atoms with E-state index in [0.29, 0.717) is 29.2 Å². The third-order valence-corrected chi connectivity index (χ3v) is 7.49. The minimum Gasteiger partial charge on any atom is -0.354 e. The van der Waals surface area contributed by atoms with Crippen LogP contribution in [0.4, 0.5) is 5.69 Å². The van der Waals surface area contributed by atoms with E-state index in [1.807, 2.05) is 13.8 Å².